The van der Waals surface area contributed by atoms with Crippen molar-refractivity contribution in [2.24, 2.45) is 0 Å². The van der Waals surface area contributed by atoms with Crippen LogP contribution in [0.4, 0.5) is 14.5 Å². The van der Waals surface area contributed by atoms with Crippen molar-refractivity contribution in [2.75, 3.05) is 5.32 Å². The van der Waals surface area contributed by atoms with Crippen molar-refractivity contribution in [3.8, 4) is 0 Å². The number of nitrogens with one attached hydrogen (secondary N) is 2. The molecule has 0 saturated heterocycles. The molecule has 0 atom stereocenters. The standard InChI is InChI=1S/C12H9F2N3O3/c13-8-2-1-7(5-9(8)14)15-11(19)6-17-4-3-10(18)16-12(17)20/h1-5H,6H2,(H,15,19)(H,16,18,20). The lowest BCUT2D eigenvalue weighted by Gasteiger charge is -2.07. The van der Waals surface area contributed by atoms with E-state index in [0.717, 1.165) is 29.0 Å². The summed E-state index contributed by atoms with van der Waals surface area (Å²) < 4.78 is 26.6. The van der Waals surface area contributed by atoms with E-state index in [0.29, 0.717) is 0 Å². The van der Waals surface area contributed by atoms with Gasteiger partial charge in [-0.1, -0.05) is 0 Å². The molecule has 2 aromatic rings. The molecule has 1 aromatic heterocycles. The average molecular weight is 281 g/mol. The van der Waals surface area contributed by atoms with Crippen LogP contribution in [0, 0.1) is 11.6 Å². The third kappa shape index (κ3) is 3.16. The third-order valence-corrected chi connectivity index (χ3v) is 2.41. The van der Waals surface area contributed by atoms with E-state index in [9.17, 15) is 23.2 Å². The van der Waals surface area contributed by atoms with Crippen LogP contribution in [0.3, 0.4) is 0 Å². The van der Waals surface area contributed by atoms with Crippen LogP contribution in [-0.2, 0) is 11.3 Å². The molecule has 2 rings (SSSR count). The second-order valence-electron chi connectivity index (χ2n) is 3.92. The Morgan fingerprint density at radius 3 is 2.60 bits per heavy atom. The number of carbonyl (C=O) groups is 1. The van der Waals surface area contributed by atoms with Gasteiger partial charge in [0.1, 0.15) is 6.54 Å². The minimum absolute atomic E-state index is 0.0615. The predicted molar refractivity (Wildman–Crippen MR) is 66.3 cm³/mol. The lowest BCUT2D eigenvalue weighted by atomic mass is 10.3. The Balaban J connectivity index is 2.10. The molecule has 0 spiro atoms. The minimum Gasteiger partial charge on any atom is -0.324 e. The van der Waals surface area contributed by atoms with Gasteiger partial charge in [-0.25, -0.2) is 13.6 Å². The molecule has 0 bridgehead atoms. The molecule has 1 amide bonds. The summed E-state index contributed by atoms with van der Waals surface area (Å²) in [6.45, 7) is -0.366. The summed E-state index contributed by atoms with van der Waals surface area (Å²) >= 11 is 0. The molecule has 0 radical (unpaired) electrons. The van der Waals surface area contributed by atoms with Gasteiger partial charge >= 0.3 is 5.69 Å². The number of amides is 1. The SMILES string of the molecule is O=C(Cn1ccc(=O)[nH]c1=O)Nc1ccc(F)c(F)c1. The van der Waals surface area contributed by atoms with Crippen LogP contribution < -0.4 is 16.6 Å². The fourth-order valence-corrected chi connectivity index (χ4v) is 1.50. The monoisotopic (exact) mass is 281 g/mol. The molecule has 0 aliphatic heterocycles. The molecule has 0 saturated carbocycles. The van der Waals surface area contributed by atoms with Crippen molar-refractivity contribution in [3.05, 3.63) is 62.9 Å². The van der Waals surface area contributed by atoms with Crippen molar-refractivity contribution < 1.29 is 13.6 Å². The zero-order valence-electron chi connectivity index (χ0n) is 10.0. The Kier molecular flexibility index (Phi) is 3.74. The van der Waals surface area contributed by atoms with E-state index in [-0.39, 0.29) is 12.2 Å². The van der Waals surface area contributed by atoms with Crippen LogP contribution in [0.15, 0.2) is 40.1 Å². The first-order chi connectivity index (χ1) is 9.45. The summed E-state index contributed by atoms with van der Waals surface area (Å²) in [5.41, 5.74) is -1.25. The number of hydrogen-bond acceptors (Lipinski definition) is 3. The van der Waals surface area contributed by atoms with E-state index in [1.165, 1.54) is 6.07 Å². The first-order valence-corrected chi connectivity index (χ1v) is 5.50. The number of benzene rings is 1. The van der Waals surface area contributed by atoms with Gasteiger partial charge in [0.25, 0.3) is 5.56 Å². The van der Waals surface area contributed by atoms with Gasteiger partial charge in [0.05, 0.1) is 0 Å². The molecule has 1 aromatic carbocycles. The van der Waals surface area contributed by atoms with E-state index < -0.39 is 28.8 Å². The zero-order valence-corrected chi connectivity index (χ0v) is 10.0. The molecule has 20 heavy (non-hydrogen) atoms. The average Bonchev–Trinajstić information content (AvgIpc) is 2.37. The molecule has 8 heteroatoms. The Hall–Kier alpha value is -2.77. The summed E-state index contributed by atoms with van der Waals surface area (Å²) in [6, 6.07) is 3.97. The van der Waals surface area contributed by atoms with E-state index in [2.05, 4.69) is 5.32 Å². The third-order valence-electron chi connectivity index (χ3n) is 2.41. The zero-order chi connectivity index (χ0) is 14.7. The second kappa shape index (κ2) is 5.47. The van der Waals surface area contributed by atoms with E-state index in [1.807, 2.05) is 4.98 Å². The highest BCUT2D eigenvalue weighted by molar-refractivity contribution is 5.90. The van der Waals surface area contributed by atoms with Crippen molar-refractivity contribution in [1.82, 2.24) is 9.55 Å². The van der Waals surface area contributed by atoms with E-state index >= 15 is 0 Å². The number of hydrogen-bond donors (Lipinski definition) is 2. The number of H-pyrrole nitrogens is 1. The fraction of sp³-hybridized carbons (Fsp3) is 0.0833. The smallest absolute Gasteiger partial charge is 0.324 e. The first kappa shape index (κ1) is 13.7. The summed E-state index contributed by atoms with van der Waals surface area (Å²) in [4.78, 5) is 35.8. The lowest BCUT2D eigenvalue weighted by molar-refractivity contribution is -0.116. The van der Waals surface area contributed by atoms with Crippen LogP contribution >= 0.6 is 0 Å². The highest BCUT2D eigenvalue weighted by atomic mass is 19.2. The Morgan fingerprint density at radius 1 is 1.20 bits per heavy atom. The van der Waals surface area contributed by atoms with Gasteiger partial charge in [-0.3, -0.25) is 19.1 Å². The fourth-order valence-electron chi connectivity index (χ4n) is 1.50. The van der Waals surface area contributed by atoms with Crippen molar-refractivity contribution in [3.63, 3.8) is 0 Å². The molecule has 0 aliphatic rings. The molecule has 104 valence electrons. The number of rotatable bonds is 3. The molecule has 1 heterocycles. The summed E-state index contributed by atoms with van der Waals surface area (Å²) in [5.74, 6) is -2.74. The first-order valence-electron chi connectivity index (χ1n) is 5.50. The molecule has 0 unspecified atom stereocenters. The quantitative estimate of drug-likeness (QED) is 0.857. The normalized spacial score (nSPS) is 10.3. The number of carbonyl (C=O) groups excluding carboxylic acids is 1. The van der Waals surface area contributed by atoms with Gasteiger partial charge in [-0.05, 0) is 12.1 Å². The van der Waals surface area contributed by atoms with Gasteiger partial charge in [0.2, 0.25) is 5.91 Å². The highest BCUT2D eigenvalue weighted by Crippen LogP contribution is 2.12. The largest absolute Gasteiger partial charge is 0.328 e. The van der Waals surface area contributed by atoms with Crippen molar-refractivity contribution in [2.45, 2.75) is 6.54 Å². The summed E-state index contributed by atoms with van der Waals surface area (Å²) in [5, 5.41) is 2.30. The van der Waals surface area contributed by atoms with Crippen LogP contribution in [0.25, 0.3) is 0 Å². The summed E-state index contributed by atoms with van der Waals surface area (Å²) in [6.07, 6.45) is 1.16. The maximum atomic E-state index is 12.9. The van der Waals surface area contributed by atoms with Gasteiger partial charge in [-0.15, -0.1) is 0 Å². The number of nitrogens with zero attached hydrogens (tertiary/aromatic N) is 1. The van der Waals surface area contributed by atoms with Crippen LogP contribution in [0.5, 0.6) is 0 Å². The number of aromatic nitrogens is 2. The molecular formula is C12H9F2N3O3. The molecule has 2 N–H and O–H groups in total. The minimum atomic E-state index is -1.09. The predicted octanol–water partition coefficient (Wildman–Crippen LogP) is 0.453. The van der Waals surface area contributed by atoms with Gasteiger partial charge in [0, 0.05) is 24.0 Å². The Morgan fingerprint density at radius 2 is 1.95 bits per heavy atom. The molecule has 0 fully saturated rings. The van der Waals surface area contributed by atoms with Crippen molar-refractivity contribution in [1.29, 1.82) is 0 Å². The number of anilines is 1. The van der Waals surface area contributed by atoms with E-state index in [1.54, 1.807) is 0 Å². The maximum Gasteiger partial charge on any atom is 0.328 e. The number of aromatic amines is 1. The van der Waals surface area contributed by atoms with Crippen LogP contribution in [-0.4, -0.2) is 15.5 Å². The molecule has 0 aliphatic carbocycles. The summed E-state index contributed by atoms with van der Waals surface area (Å²) in [7, 11) is 0. The molecular weight excluding hydrogens is 272 g/mol. The van der Waals surface area contributed by atoms with Gasteiger partial charge in [0.15, 0.2) is 11.6 Å². The van der Waals surface area contributed by atoms with Gasteiger partial charge < -0.3 is 5.32 Å². The lowest BCUT2D eigenvalue weighted by Crippen LogP contribution is -2.32. The highest BCUT2D eigenvalue weighted by Gasteiger charge is 2.07. The van der Waals surface area contributed by atoms with Crippen molar-refractivity contribution >= 4 is 11.6 Å². The Labute approximate surface area is 110 Å². The van der Waals surface area contributed by atoms with Gasteiger partial charge in [-0.2, -0.15) is 0 Å². The van der Waals surface area contributed by atoms with Crippen LogP contribution in [0.1, 0.15) is 0 Å². The van der Waals surface area contributed by atoms with E-state index in [4.69, 9.17) is 0 Å². The second-order valence-corrected chi connectivity index (χ2v) is 3.92. The van der Waals surface area contributed by atoms with Crippen LogP contribution in [0.2, 0.25) is 0 Å². The Bertz CT molecular complexity index is 767. The molecule has 6 nitrogen and oxygen atoms in total. The topological polar surface area (TPSA) is 84.0 Å². The maximum absolute atomic E-state index is 12.9. The number of halogens is 2.